The molecule has 0 spiro atoms. The number of piperidine rings is 1. The summed E-state index contributed by atoms with van der Waals surface area (Å²) < 4.78 is 0. The Kier molecular flexibility index (Phi) is 1.91. The van der Waals surface area contributed by atoms with Crippen molar-refractivity contribution in [2.75, 3.05) is 13.1 Å². The van der Waals surface area contributed by atoms with Gasteiger partial charge in [0, 0.05) is 12.6 Å². The van der Waals surface area contributed by atoms with Crippen LogP contribution in [0, 0.1) is 6.67 Å². The van der Waals surface area contributed by atoms with Gasteiger partial charge in [-0.2, -0.15) is 0 Å². The van der Waals surface area contributed by atoms with Gasteiger partial charge in [-0.15, -0.1) is 0 Å². The molecule has 10 heavy (non-hydrogen) atoms. The third-order valence-corrected chi connectivity index (χ3v) is 2.55. The fourth-order valence-electron chi connectivity index (χ4n) is 1.93. The van der Waals surface area contributed by atoms with Crippen LogP contribution in [0.25, 0.3) is 0 Å². The zero-order valence-electron chi connectivity index (χ0n) is 6.34. The van der Waals surface area contributed by atoms with Crippen molar-refractivity contribution in [3.05, 3.63) is 6.67 Å². The van der Waals surface area contributed by atoms with Gasteiger partial charge in [-0.3, -0.25) is 10.2 Å². The van der Waals surface area contributed by atoms with Crippen molar-refractivity contribution in [3.8, 4) is 0 Å². The largest absolute Gasteiger partial charge is 0.299 e. The maximum atomic E-state index is 3.28. The molecule has 0 aromatic carbocycles. The van der Waals surface area contributed by atoms with E-state index in [-0.39, 0.29) is 0 Å². The number of nitrogens with zero attached hydrogens (tertiary/aromatic N) is 1. The third kappa shape index (κ3) is 1.18. The average molecular weight is 139 g/mol. The van der Waals surface area contributed by atoms with Gasteiger partial charge < -0.3 is 0 Å². The van der Waals surface area contributed by atoms with E-state index in [1.807, 2.05) is 0 Å². The van der Waals surface area contributed by atoms with Crippen LogP contribution in [0.1, 0.15) is 25.7 Å². The second kappa shape index (κ2) is 2.89. The average Bonchev–Trinajstić information content (AvgIpc) is 2.05. The SMILES string of the molecule is [CH]1NCCC2CCCCN12. The first-order valence-corrected chi connectivity index (χ1v) is 4.29. The Morgan fingerprint density at radius 1 is 1.30 bits per heavy atom. The summed E-state index contributed by atoms with van der Waals surface area (Å²) in [4.78, 5) is 2.47. The molecular weight excluding hydrogens is 124 g/mol. The molecular formula is C8H15N2. The number of fused-ring (bicyclic) bond motifs is 1. The summed E-state index contributed by atoms with van der Waals surface area (Å²) in [6.45, 7) is 4.63. The minimum absolute atomic E-state index is 0.870. The van der Waals surface area contributed by atoms with Crippen LogP contribution in [0.3, 0.4) is 0 Å². The van der Waals surface area contributed by atoms with Crippen LogP contribution >= 0.6 is 0 Å². The summed E-state index contributed by atoms with van der Waals surface area (Å²) in [5.74, 6) is 0. The summed E-state index contributed by atoms with van der Waals surface area (Å²) in [6, 6.07) is 0.870. The second-order valence-electron chi connectivity index (χ2n) is 3.26. The maximum Gasteiger partial charge on any atom is 0.0896 e. The molecule has 2 nitrogen and oxygen atoms in total. The Balaban J connectivity index is 1.93. The van der Waals surface area contributed by atoms with Crippen molar-refractivity contribution in [2.24, 2.45) is 0 Å². The molecule has 1 N–H and O–H groups in total. The van der Waals surface area contributed by atoms with Crippen LogP contribution in [0.5, 0.6) is 0 Å². The Morgan fingerprint density at radius 3 is 3.20 bits per heavy atom. The van der Waals surface area contributed by atoms with Crippen LogP contribution in [-0.2, 0) is 0 Å². The van der Waals surface area contributed by atoms with Crippen molar-refractivity contribution in [1.29, 1.82) is 0 Å². The molecule has 57 valence electrons. The Bertz CT molecular complexity index is 87.8. The molecule has 2 heterocycles. The van der Waals surface area contributed by atoms with Crippen molar-refractivity contribution >= 4 is 0 Å². The molecule has 2 aliphatic rings. The fraction of sp³-hybridized carbons (Fsp3) is 0.875. The van der Waals surface area contributed by atoms with Gasteiger partial charge in [0.15, 0.2) is 0 Å². The van der Waals surface area contributed by atoms with E-state index in [0.717, 1.165) is 6.04 Å². The molecule has 2 saturated heterocycles. The van der Waals surface area contributed by atoms with Crippen molar-refractivity contribution < 1.29 is 0 Å². The van der Waals surface area contributed by atoms with E-state index in [1.165, 1.54) is 38.8 Å². The molecule has 2 rings (SSSR count). The van der Waals surface area contributed by atoms with Gasteiger partial charge in [0.1, 0.15) is 0 Å². The predicted molar refractivity (Wildman–Crippen MR) is 41.3 cm³/mol. The zero-order chi connectivity index (χ0) is 6.81. The Morgan fingerprint density at radius 2 is 2.30 bits per heavy atom. The molecule has 1 radical (unpaired) electrons. The van der Waals surface area contributed by atoms with Crippen molar-refractivity contribution in [1.82, 2.24) is 10.2 Å². The molecule has 0 aromatic rings. The fourth-order valence-corrected chi connectivity index (χ4v) is 1.93. The summed E-state index contributed by atoms with van der Waals surface area (Å²) in [5, 5.41) is 3.28. The molecule has 2 heteroatoms. The quantitative estimate of drug-likeness (QED) is 0.537. The Labute approximate surface area is 62.6 Å². The first-order chi connectivity index (χ1) is 4.97. The van der Waals surface area contributed by atoms with Gasteiger partial charge in [0.05, 0.1) is 6.67 Å². The first kappa shape index (κ1) is 6.62. The van der Waals surface area contributed by atoms with E-state index in [2.05, 4.69) is 16.9 Å². The van der Waals surface area contributed by atoms with Gasteiger partial charge in [-0.25, -0.2) is 0 Å². The number of hydrogen-bond acceptors (Lipinski definition) is 2. The minimum atomic E-state index is 0.870. The highest BCUT2D eigenvalue weighted by Gasteiger charge is 2.24. The summed E-state index contributed by atoms with van der Waals surface area (Å²) in [6.07, 6.45) is 5.58. The first-order valence-electron chi connectivity index (χ1n) is 4.29. The molecule has 1 unspecified atom stereocenters. The van der Waals surface area contributed by atoms with E-state index in [4.69, 9.17) is 0 Å². The smallest absolute Gasteiger partial charge is 0.0896 e. The van der Waals surface area contributed by atoms with E-state index in [9.17, 15) is 0 Å². The van der Waals surface area contributed by atoms with Crippen LogP contribution in [0.2, 0.25) is 0 Å². The highest BCUT2D eigenvalue weighted by Crippen LogP contribution is 2.21. The van der Waals surface area contributed by atoms with Crippen LogP contribution in [-0.4, -0.2) is 24.0 Å². The number of rotatable bonds is 0. The molecule has 2 aliphatic heterocycles. The number of nitrogens with one attached hydrogen (secondary N) is 1. The monoisotopic (exact) mass is 139 g/mol. The lowest BCUT2D eigenvalue weighted by molar-refractivity contribution is 0.141. The molecule has 0 amide bonds. The second-order valence-corrected chi connectivity index (χ2v) is 3.26. The number of hydrogen-bond donors (Lipinski definition) is 1. The van der Waals surface area contributed by atoms with E-state index in [1.54, 1.807) is 0 Å². The lowest BCUT2D eigenvalue weighted by Crippen LogP contribution is -2.46. The normalized spacial score (nSPS) is 35.4. The van der Waals surface area contributed by atoms with Gasteiger partial charge in [0.2, 0.25) is 0 Å². The summed E-state index contributed by atoms with van der Waals surface area (Å²) in [5.41, 5.74) is 0. The lowest BCUT2D eigenvalue weighted by atomic mass is 9.99. The Hall–Kier alpha value is -0.0800. The van der Waals surface area contributed by atoms with Gasteiger partial charge in [0.25, 0.3) is 0 Å². The standard InChI is InChI=1S/C8H15N2/c1-2-6-10-7-9-5-4-8(10)3-1/h7-9H,1-6H2. The van der Waals surface area contributed by atoms with E-state index in [0.29, 0.717) is 0 Å². The predicted octanol–water partition coefficient (Wildman–Crippen LogP) is 0.953. The molecule has 0 saturated carbocycles. The van der Waals surface area contributed by atoms with E-state index >= 15 is 0 Å². The third-order valence-electron chi connectivity index (χ3n) is 2.55. The molecule has 0 bridgehead atoms. The summed E-state index contributed by atoms with van der Waals surface area (Å²) in [7, 11) is 0. The highest BCUT2D eigenvalue weighted by atomic mass is 15.3. The molecule has 0 aromatic heterocycles. The lowest BCUT2D eigenvalue weighted by Gasteiger charge is -2.38. The minimum Gasteiger partial charge on any atom is -0.299 e. The molecule has 0 aliphatic carbocycles. The van der Waals surface area contributed by atoms with Gasteiger partial charge in [-0.1, -0.05) is 6.42 Å². The zero-order valence-corrected chi connectivity index (χ0v) is 6.34. The van der Waals surface area contributed by atoms with Crippen LogP contribution in [0.4, 0.5) is 0 Å². The topological polar surface area (TPSA) is 15.3 Å². The van der Waals surface area contributed by atoms with Crippen molar-refractivity contribution in [3.63, 3.8) is 0 Å². The summed E-state index contributed by atoms with van der Waals surface area (Å²) >= 11 is 0. The van der Waals surface area contributed by atoms with Crippen molar-refractivity contribution in [2.45, 2.75) is 31.7 Å². The van der Waals surface area contributed by atoms with Gasteiger partial charge in [-0.05, 0) is 25.8 Å². The van der Waals surface area contributed by atoms with Crippen LogP contribution in [0.15, 0.2) is 0 Å². The van der Waals surface area contributed by atoms with Gasteiger partial charge >= 0.3 is 0 Å². The van der Waals surface area contributed by atoms with E-state index < -0.39 is 0 Å². The molecule has 2 fully saturated rings. The maximum absolute atomic E-state index is 3.28. The highest BCUT2D eigenvalue weighted by molar-refractivity contribution is 4.85. The molecule has 1 atom stereocenters. The van der Waals surface area contributed by atoms with Crippen LogP contribution < -0.4 is 5.32 Å².